The van der Waals surface area contributed by atoms with Crippen LogP contribution in [0.2, 0.25) is 10.0 Å². The first kappa shape index (κ1) is 14.0. The van der Waals surface area contributed by atoms with Crippen molar-refractivity contribution >= 4 is 39.8 Å². The van der Waals surface area contributed by atoms with E-state index in [-0.39, 0.29) is 5.75 Å². The van der Waals surface area contributed by atoms with Crippen LogP contribution in [0.3, 0.4) is 0 Å². The zero-order valence-corrected chi connectivity index (χ0v) is 12.5. The fourth-order valence-electron chi connectivity index (χ4n) is 2.15. The molecule has 0 amide bonds. The molecule has 0 radical (unpaired) electrons. The molecule has 0 saturated heterocycles. The molecule has 0 aliphatic rings. The molecule has 0 atom stereocenters. The van der Waals surface area contributed by atoms with E-state index in [1.165, 1.54) is 0 Å². The van der Waals surface area contributed by atoms with Gasteiger partial charge in [0.05, 0.1) is 16.2 Å². The molecule has 1 aromatic heterocycles. The Balaban J connectivity index is 1.89. The van der Waals surface area contributed by atoms with Crippen LogP contribution in [0.25, 0.3) is 10.9 Å². The number of pyridine rings is 1. The minimum Gasteiger partial charge on any atom is -0.506 e. The van der Waals surface area contributed by atoms with E-state index in [2.05, 4.69) is 10.3 Å². The molecule has 106 valence electrons. The van der Waals surface area contributed by atoms with Gasteiger partial charge in [-0.3, -0.25) is 4.98 Å². The molecule has 0 saturated carbocycles. The van der Waals surface area contributed by atoms with Gasteiger partial charge in [0.15, 0.2) is 0 Å². The first-order chi connectivity index (χ1) is 10.1. The Kier molecular flexibility index (Phi) is 3.86. The summed E-state index contributed by atoms with van der Waals surface area (Å²) in [7, 11) is 0. The minimum atomic E-state index is 0.0790. The van der Waals surface area contributed by atoms with E-state index in [0.29, 0.717) is 16.6 Å². The number of anilines is 1. The van der Waals surface area contributed by atoms with Gasteiger partial charge in [0.2, 0.25) is 0 Å². The molecule has 1 heterocycles. The van der Waals surface area contributed by atoms with Crippen LogP contribution in [0.5, 0.6) is 5.75 Å². The van der Waals surface area contributed by atoms with E-state index in [9.17, 15) is 5.11 Å². The van der Waals surface area contributed by atoms with Crippen molar-refractivity contribution in [2.45, 2.75) is 6.54 Å². The largest absolute Gasteiger partial charge is 0.506 e. The monoisotopic (exact) mass is 318 g/mol. The maximum atomic E-state index is 9.43. The van der Waals surface area contributed by atoms with Gasteiger partial charge >= 0.3 is 0 Å². The molecule has 21 heavy (non-hydrogen) atoms. The maximum absolute atomic E-state index is 9.43. The smallest absolute Gasteiger partial charge is 0.134 e. The van der Waals surface area contributed by atoms with Gasteiger partial charge in [-0.1, -0.05) is 35.3 Å². The normalized spacial score (nSPS) is 10.8. The summed E-state index contributed by atoms with van der Waals surface area (Å²) in [4.78, 5) is 4.38. The molecule has 0 aliphatic heterocycles. The summed E-state index contributed by atoms with van der Waals surface area (Å²) in [6.45, 7) is 0.562. The molecule has 5 heteroatoms. The van der Waals surface area contributed by atoms with Gasteiger partial charge in [-0.25, -0.2) is 0 Å². The number of nitrogens with one attached hydrogen (secondary N) is 1. The lowest BCUT2D eigenvalue weighted by molar-refractivity contribution is 0.475. The Morgan fingerprint density at radius 3 is 2.76 bits per heavy atom. The maximum Gasteiger partial charge on any atom is 0.134 e. The van der Waals surface area contributed by atoms with Crippen molar-refractivity contribution < 1.29 is 5.11 Å². The van der Waals surface area contributed by atoms with E-state index in [1.807, 2.05) is 30.3 Å². The molecule has 0 aliphatic carbocycles. The Labute approximate surface area is 132 Å². The van der Waals surface area contributed by atoms with E-state index in [0.717, 1.165) is 22.2 Å². The number of hydrogen-bond acceptors (Lipinski definition) is 3. The average Bonchev–Trinajstić information content (AvgIpc) is 2.48. The molecule has 0 fully saturated rings. The van der Waals surface area contributed by atoms with E-state index < -0.39 is 0 Å². The quantitative estimate of drug-likeness (QED) is 0.725. The van der Waals surface area contributed by atoms with E-state index >= 15 is 0 Å². The molecule has 0 unspecified atom stereocenters. The predicted octanol–water partition coefficient (Wildman–Crippen LogP) is 4.86. The van der Waals surface area contributed by atoms with Crippen molar-refractivity contribution in [3.05, 3.63) is 64.3 Å². The van der Waals surface area contributed by atoms with Gasteiger partial charge in [0, 0.05) is 23.2 Å². The van der Waals surface area contributed by atoms with Crippen molar-refractivity contribution in [2.24, 2.45) is 0 Å². The summed E-state index contributed by atoms with van der Waals surface area (Å²) in [5.74, 6) is 0.0790. The second kappa shape index (κ2) is 5.80. The minimum absolute atomic E-state index is 0.0790. The Morgan fingerprint density at radius 1 is 1.10 bits per heavy atom. The topological polar surface area (TPSA) is 45.1 Å². The Hall–Kier alpha value is -1.97. The third kappa shape index (κ3) is 3.04. The van der Waals surface area contributed by atoms with Crippen molar-refractivity contribution in [1.82, 2.24) is 4.98 Å². The van der Waals surface area contributed by atoms with Gasteiger partial charge in [-0.15, -0.1) is 0 Å². The summed E-state index contributed by atoms with van der Waals surface area (Å²) in [6, 6.07) is 12.7. The summed E-state index contributed by atoms with van der Waals surface area (Å²) in [5.41, 5.74) is 2.69. The number of hydrogen-bond donors (Lipinski definition) is 2. The van der Waals surface area contributed by atoms with Gasteiger partial charge in [0.25, 0.3) is 0 Å². The number of aromatic nitrogens is 1. The van der Waals surface area contributed by atoms with Crippen molar-refractivity contribution in [1.29, 1.82) is 0 Å². The highest BCUT2D eigenvalue weighted by atomic mass is 35.5. The number of aromatic hydroxyl groups is 1. The zero-order valence-electron chi connectivity index (χ0n) is 11.0. The average molecular weight is 319 g/mol. The summed E-state index contributed by atoms with van der Waals surface area (Å²) in [5, 5.41) is 14.7. The number of fused-ring (bicyclic) bond motifs is 1. The van der Waals surface area contributed by atoms with E-state index in [4.69, 9.17) is 23.2 Å². The van der Waals surface area contributed by atoms with Crippen LogP contribution >= 0.6 is 23.2 Å². The number of halogens is 2. The summed E-state index contributed by atoms with van der Waals surface area (Å²) < 4.78 is 0. The lowest BCUT2D eigenvalue weighted by atomic mass is 10.1. The highest BCUT2D eigenvalue weighted by Gasteiger charge is 2.05. The number of phenolic OH excluding ortho intramolecular Hbond substituents is 1. The molecule has 3 rings (SSSR count). The Morgan fingerprint density at radius 2 is 1.95 bits per heavy atom. The molecular weight excluding hydrogens is 307 g/mol. The van der Waals surface area contributed by atoms with Gasteiger partial charge in [-0.2, -0.15) is 0 Å². The van der Waals surface area contributed by atoms with Gasteiger partial charge < -0.3 is 10.4 Å². The second-order valence-electron chi connectivity index (χ2n) is 4.67. The third-order valence-corrected chi connectivity index (χ3v) is 3.69. The highest BCUT2D eigenvalue weighted by molar-refractivity contribution is 6.32. The standard InChI is InChI=1S/C16H12Cl2N2O/c17-12-7-11-2-1-5-19-16(11)14(8-12)20-9-10-3-4-15(21)13(18)6-10/h1-8,20-21H,9H2. The van der Waals surface area contributed by atoms with Crippen LogP contribution in [0, 0.1) is 0 Å². The van der Waals surface area contributed by atoms with Crippen molar-refractivity contribution in [3.8, 4) is 5.75 Å². The lowest BCUT2D eigenvalue weighted by Crippen LogP contribution is -2.00. The van der Waals surface area contributed by atoms with Crippen LogP contribution < -0.4 is 5.32 Å². The van der Waals surface area contributed by atoms with Crippen LogP contribution in [0.1, 0.15) is 5.56 Å². The van der Waals surface area contributed by atoms with Crippen LogP contribution in [-0.2, 0) is 6.54 Å². The SMILES string of the molecule is Oc1ccc(CNc2cc(Cl)cc3cccnc23)cc1Cl. The number of phenols is 1. The predicted molar refractivity (Wildman–Crippen MR) is 87.2 cm³/mol. The molecule has 2 aromatic carbocycles. The molecule has 0 spiro atoms. The van der Waals surface area contributed by atoms with Gasteiger partial charge in [0.1, 0.15) is 5.75 Å². The molecule has 3 aromatic rings. The third-order valence-electron chi connectivity index (χ3n) is 3.16. The lowest BCUT2D eigenvalue weighted by Gasteiger charge is -2.10. The second-order valence-corrected chi connectivity index (χ2v) is 5.51. The fraction of sp³-hybridized carbons (Fsp3) is 0.0625. The summed E-state index contributed by atoms with van der Waals surface area (Å²) in [6.07, 6.45) is 1.75. The van der Waals surface area contributed by atoms with Crippen LogP contribution in [0.15, 0.2) is 48.7 Å². The number of benzene rings is 2. The first-order valence-corrected chi connectivity index (χ1v) is 7.14. The highest BCUT2D eigenvalue weighted by Crippen LogP contribution is 2.28. The number of rotatable bonds is 3. The Bertz CT molecular complexity index is 805. The number of nitrogens with zero attached hydrogens (tertiary/aromatic N) is 1. The van der Waals surface area contributed by atoms with Crippen molar-refractivity contribution in [3.63, 3.8) is 0 Å². The zero-order chi connectivity index (χ0) is 14.8. The van der Waals surface area contributed by atoms with Crippen LogP contribution in [-0.4, -0.2) is 10.1 Å². The molecule has 2 N–H and O–H groups in total. The fourth-order valence-corrected chi connectivity index (χ4v) is 2.58. The van der Waals surface area contributed by atoms with E-state index in [1.54, 1.807) is 18.3 Å². The van der Waals surface area contributed by atoms with Gasteiger partial charge in [-0.05, 0) is 35.9 Å². The molecule has 3 nitrogen and oxygen atoms in total. The molecule has 0 bridgehead atoms. The summed E-state index contributed by atoms with van der Waals surface area (Å²) >= 11 is 12.0. The van der Waals surface area contributed by atoms with Crippen molar-refractivity contribution in [2.75, 3.05) is 5.32 Å². The molecular formula is C16H12Cl2N2O. The first-order valence-electron chi connectivity index (χ1n) is 6.39. The van der Waals surface area contributed by atoms with Crippen LogP contribution in [0.4, 0.5) is 5.69 Å².